The van der Waals surface area contributed by atoms with E-state index in [0.29, 0.717) is 10.8 Å². The summed E-state index contributed by atoms with van der Waals surface area (Å²) in [5, 5.41) is 3.56. The maximum atomic E-state index is 12.8. The van der Waals surface area contributed by atoms with Crippen LogP contribution in [0.4, 0.5) is 10.6 Å². The maximum absolute atomic E-state index is 12.8. The highest BCUT2D eigenvalue weighted by Crippen LogP contribution is 2.38. The molecular formula is C18H16N4OS3. The molecule has 8 heteroatoms. The second kappa shape index (κ2) is 6.86. The van der Waals surface area contributed by atoms with Gasteiger partial charge in [-0.05, 0) is 43.5 Å². The summed E-state index contributed by atoms with van der Waals surface area (Å²) >= 11 is 12.3. The van der Waals surface area contributed by atoms with E-state index in [0.717, 1.165) is 35.0 Å². The van der Waals surface area contributed by atoms with Crippen LogP contribution in [0.5, 0.6) is 0 Å². The first kappa shape index (κ1) is 17.3. The number of thiocarbonyl (C=S) groups is 1. The fraction of sp³-hybridized carbons (Fsp3) is 0.222. The average molecular weight is 401 g/mol. The highest BCUT2D eigenvalue weighted by atomic mass is 32.1. The predicted octanol–water partition coefficient (Wildman–Crippen LogP) is 4.22. The van der Waals surface area contributed by atoms with Crippen LogP contribution in [0.3, 0.4) is 0 Å². The van der Waals surface area contributed by atoms with Crippen molar-refractivity contribution in [1.29, 1.82) is 0 Å². The van der Waals surface area contributed by atoms with Gasteiger partial charge < -0.3 is 5.73 Å². The highest BCUT2D eigenvalue weighted by Gasteiger charge is 2.22. The number of nitrogens with zero attached hydrogens (tertiary/aromatic N) is 2. The molecule has 1 aliphatic carbocycles. The molecule has 3 N–H and O–H groups in total. The number of rotatable bonds is 1. The summed E-state index contributed by atoms with van der Waals surface area (Å²) in [4.78, 5) is 19.7. The topological polar surface area (TPSA) is 72.9 Å². The normalized spacial score (nSPS) is 13.4. The minimum Gasteiger partial charge on any atom is -0.384 e. The molecule has 2 heterocycles. The van der Waals surface area contributed by atoms with Crippen LogP contribution < -0.4 is 11.1 Å². The van der Waals surface area contributed by atoms with Crippen LogP contribution in [-0.4, -0.2) is 20.6 Å². The van der Waals surface area contributed by atoms with E-state index < -0.39 is 6.03 Å². The minimum atomic E-state index is -0.480. The largest absolute Gasteiger partial charge is 0.384 e. The van der Waals surface area contributed by atoms with Crippen LogP contribution in [0.15, 0.2) is 30.3 Å². The highest BCUT2D eigenvalue weighted by molar-refractivity contribution is 7.80. The molecule has 0 unspecified atom stereocenters. The van der Waals surface area contributed by atoms with Gasteiger partial charge in [-0.2, -0.15) is 0 Å². The third-order valence-corrected chi connectivity index (χ3v) is 6.30. The van der Waals surface area contributed by atoms with Gasteiger partial charge in [0.05, 0.1) is 5.39 Å². The van der Waals surface area contributed by atoms with E-state index >= 15 is 0 Å². The molecule has 3 aromatic rings. The van der Waals surface area contributed by atoms with Crippen molar-refractivity contribution in [2.24, 2.45) is 0 Å². The quantitative estimate of drug-likeness (QED) is 0.598. The Morgan fingerprint density at radius 1 is 1.23 bits per heavy atom. The number of carbonyl (C=O) groups excluding carboxylic acids is 1. The molecule has 5 nitrogen and oxygen atoms in total. The summed E-state index contributed by atoms with van der Waals surface area (Å²) in [5.74, 6) is 0.341. The molecule has 0 spiro atoms. The van der Waals surface area contributed by atoms with Crippen LogP contribution in [-0.2, 0) is 12.8 Å². The number of thiophene rings is 1. The van der Waals surface area contributed by atoms with Crippen LogP contribution in [0, 0.1) is 4.77 Å². The number of carbonyl (C=O) groups is 1. The first-order valence-electron chi connectivity index (χ1n) is 8.30. The Kier molecular flexibility index (Phi) is 4.56. The fourth-order valence-corrected chi connectivity index (χ4v) is 5.08. The number of benzene rings is 1. The standard InChI is InChI=1S/C18H16N4OS3/c19-14-13-11-8-4-5-9-12(11)26-16(13)21-18(25)22(14)17(23)20-15(24)10-6-2-1-3-7-10/h1-3,6-7H,4-5,8-9,19H2,(H,20,23,24). The van der Waals surface area contributed by atoms with E-state index in [4.69, 9.17) is 30.2 Å². The Morgan fingerprint density at radius 2 is 1.96 bits per heavy atom. The lowest BCUT2D eigenvalue weighted by Gasteiger charge is -2.14. The lowest BCUT2D eigenvalue weighted by Crippen LogP contribution is -2.35. The van der Waals surface area contributed by atoms with Crippen LogP contribution in [0.1, 0.15) is 28.8 Å². The van der Waals surface area contributed by atoms with E-state index in [1.54, 1.807) is 11.3 Å². The molecule has 4 rings (SSSR count). The van der Waals surface area contributed by atoms with Crippen molar-refractivity contribution >= 4 is 62.8 Å². The minimum absolute atomic E-state index is 0.141. The van der Waals surface area contributed by atoms with Crippen molar-refractivity contribution in [3.8, 4) is 0 Å². The van der Waals surface area contributed by atoms with Crippen molar-refractivity contribution in [2.75, 3.05) is 5.73 Å². The summed E-state index contributed by atoms with van der Waals surface area (Å²) in [6, 6.07) is 8.80. The van der Waals surface area contributed by atoms with Gasteiger partial charge in [0.25, 0.3) is 0 Å². The number of anilines is 1. The van der Waals surface area contributed by atoms with Gasteiger partial charge in [0.15, 0.2) is 0 Å². The molecule has 1 aromatic carbocycles. The van der Waals surface area contributed by atoms with Gasteiger partial charge in [0.1, 0.15) is 15.6 Å². The Morgan fingerprint density at radius 3 is 2.73 bits per heavy atom. The second-order valence-corrected chi connectivity index (χ2v) is 7.99. The van der Waals surface area contributed by atoms with E-state index in [1.807, 2.05) is 30.3 Å². The number of nitrogens with one attached hydrogen (secondary N) is 1. The summed E-state index contributed by atoms with van der Waals surface area (Å²) < 4.78 is 1.39. The number of hydrogen-bond acceptors (Lipinski definition) is 6. The van der Waals surface area contributed by atoms with E-state index in [-0.39, 0.29) is 4.77 Å². The van der Waals surface area contributed by atoms with Crippen LogP contribution in [0.25, 0.3) is 10.2 Å². The van der Waals surface area contributed by atoms with Gasteiger partial charge in [0, 0.05) is 10.4 Å². The zero-order chi connectivity index (χ0) is 18.3. The van der Waals surface area contributed by atoms with Gasteiger partial charge in [0.2, 0.25) is 4.77 Å². The molecule has 1 amide bonds. The predicted molar refractivity (Wildman–Crippen MR) is 112 cm³/mol. The molecule has 0 aliphatic heterocycles. The molecule has 0 atom stereocenters. The number of nitrogen functional groups attached to an aromatic ring is 1. The van der Waals surface area contributed by atoms with Crippen LogP contribution in [0.2, 0.25) is 0 Å². The summed E-state index contributed by atoms with van der Waals surface area (Å²) in [6.45, 7) is 0. The van der Waals surface area contributed by atoms with Crippen molar-refractivity contribution in [3.05, 3.63) is 51.1 Å². The lowest BCUT2D eigenvalue weighted by atomic mass is 9.97. The molecule has 132 valence electrons. The number of amides is 1. The molecule has 2 aromatic heterocycles. The van der Waals surface area contributed by atoms with Crippen molar-refractivity contribution in [2.45, 2.75) is 25.7 Å². The van der Waals surface area contributed by atoms with E-state index in [2.05, 4.69) is 10.3 Å². The first-order chi connectivity index (χ1) is 12.6. The van der Waals surface area contributed by atoms with Gasteiger partial charge in [-0.25, -0.2) is 14.3 Å². The summed E-state index contributed by atoms with van der Waals surface area (Å²) in [6.07, 6.45) is 4.29. The van der Waals surface area contributed by atoms with Gasteiger partial charge >= 0.3 is 6.03 Å². The molecule has 1 aliphatic rings. The maximum Gasteiger partial charge on any atom is 0.334 e. The van der Waals surface area contributed by atoms with Crippen molar-refractivity contribution in [3.63, 3.8) is 0 Å². The van der Waals surface area contributed by atoms with Crippen molar-refractivity contribution < 1.29 is 4.79 Å². The number of fused-ring (bicyclic) bond motifs is 3. The average Bonchev–Trinajstić information content (AvgIpc) is 3.00. The van der Waals surface area contributed by atoms with Gasteiger partial charge in [-0.3, -0.25) is 5.32 Å². The zero-order valence-electron chi connectivity index (χ0n) is 13.8. The Hall–Kier alpha value is -2.16. The number of hydrogen-bond donors (Lipinski definition) is 2. The number of nitrogens with two attached hydrogens (primary N) is 1. The van der Waals surface area contributed by atoms with E-state index in [9.17, 15) is 4.79 Å². The monoisotopic (exact) mass is 400 g/mol. The Balaban J connectivity index is 1.75. The fourth-order valence-electron chi connectivity index (χ4n) is 3.26. The van der Waals surface area contributed by atoms with Gasteiger partial charge in [-0.1, -0.05) is 42.5 Å². The molecule has 0 fully saturated rings. The summed E-state index contributed by atoms with van der Waals surface area (Å²) in [7, 11) is 0. The smallest absolute Gasteiger partial charge is 0.334 e. The SMILES string of the molecule is Nc1c2c3c(sc2nc(=S)n1C(=O)NC(=S)c1ccccc1)CCCC3. The third-order valence-electron chi connectivity index (χ3n) is 4.50. The first-order valence-corrected chi connectivity index (χ1v) is 9.93. The number of aromatic nitrogens is 2. The molecule has 0 saturated heterocycles. The molecule has 0 bridgehead atoms. The Bertz CT molecular complexity index is 1090. The molecule has 26 heavy (non-hydrogen) atoms. The molecule has 0 saturated carbocycles. The second-order valence-electron chi connectivity index (χ2n) is 6.13. The Labute approximate surface area is 164 Å². The lowest BCUT2D eigenvalue weighted by molar-refractivity contribution is 0.247. The molecule has 0 radical (unpaired) electrons. The molecular weight excluding hydrogens is 384 g/mol. The van der Waals surface area contributed by atoms with E-state index in [1.165, 1.54) is 21.4 Å². The van der Waals surface area contributed by atoms with Crippen molar-refractivity contribution in [1.82, 2.24) is 14.9 Å². The number of aryl methyl sites for hydroxylation is 2. The van der Waals surface area contributed by atoms with Crippen LogP contribution >= 0.6 is 35.8 Å². The van der Waals surface area contributed by atoms with Gasteiger partial charge in [-0.15, -0.1) is 11.3 Å². The zero-order valence-corrected chi connectivity index (χ0v) is 16.3. The third kappa shape index (κ3) is 2.94. The summed E-state index contributed by atoms with van der Waals surface area (Å²) in [5.41, 5.74) is 8.33.